The van der Waals surface area contributed by atoms with Crippen molar-refractivity contribution in [3.63, 3.8) is 0 Å². The molecule has 12 heteroatoms. The predicted octanol–water partition coefficient (Wildman–Crippen LogP) is 6.47. The van der Waals surface area contributed by atoms with Gasteiger partial charge in [0.25, 0.3) is 0 Å². The number of rotatable bonds is 11. The van der Waals surface area contributed by atoms with E-state index in [9.17, 15) is 4.79 Å². The number of hydrogen-bond donors (Lipinski definition) is 2. The Morgan fingerprint density at radius 1 is 0.961 bits per heavy atom. The fourth-order valence-corrected chi connectivity index (χ4v) is 7.78. The Kier molecular flexibility index (Phi) is 9.44. The van der Waals surface area contributed by atoms with Gasteiger partial charge >= 0.3 is 0 Å². The molecule has 0 radical (unpaired) electrons. The summed E-state index contributed by atoms with van der Waals surface area (Å²) in [5.74, 6) is 3.04. The Bertz CT molecular complexity index is 1870. The topological polar surface area (TPSA) is 114 Å². The molecule has 4 aliphatic rings. The van der Waals surface area contributed by atoms with E-state index in [1.54, 1.807) is 7.11 Å². The number of amides is 1. The molecule has 4 fully saturated rings. The van der Waals surface area contributed by atoms with Crippen LogP contribution in [0.2, 0.25) is 0 Å². The highest BCUT2D eigenvalue weighted by Gasteiger charge is 2.42. The molecule has 51 heavy (non-hydrogen) atoms. The van der Waals surface area contributed by atoms with Crippen molar-refractivity contribution in [3.05, 3.63) is 97.3 Å². The van der Waals surface area contributed by atoms with E-state index in [0.717, 1.165) is 74.7 Å². The number of ether oxygens (including phenoxy) is 3. The highest BCUT2D eigenvalue weighted by Crippen LogP contribution is 2.42. The summed E-state index contributed by atoms with van der Waals surface area (Å²) in [5, 5.41) is 8.27. The lowest BCUT2D eigenvalue weighted by Gasteiger charge is -2.41. The average Bonchev–Trinajstić information content (AvgIpc) is 3.95. The lowest BCUT2D eigenvalue weighted by Crippen LogP contribution is -2.49. The zero-order valence-electron chi connectivity index (χ0n) is 28.7. The number of fused-ring (bicyclic) bond motifs is 2. The SMILES string of the molecule is C=CC(=O)Nc1cc(Nc2cc(N3OCCC3c3cccc(Oc4ccccc4)c3)ncn2)c(OC)cc1N1CCC(N2C[C@@H]3C[C@H]2CO3)CC1. The molecule has 2 bridgehead atoms. The van der Waals surface area contributed by atoms with Gasteiger partial charge in [0.1, 0.15) is 29.4 Å². The number of likely N-dealkylation sites (tertiary alicyclic amines) is 1. The smallest absolute Gasteiger partial charge is 0.247 e. The molecule has 4 aliphatic heterocycles. The molecular formula is C39H43N7O5. The van der Waals surface area contributed by atoms with Crippen molar-refractivity contribution < 1.29 is 23.8 Å². The molecule has 8 rings (SSSR count). The van der Waals surface area contributed by atoms with Crippen molar-refractivity contribution in [2.45, 2.75) is 49.9 Å². The first-order valence-corrected chi connectivity index (χ1v) is 17.7. The summed E-state index contributed by atoms with van der Waals surface area (Å²) in [4.78, 5) is 32.8. The number of hydroxylamine groups is 1. The van der Waals surface area contributed by atoms with E-state index in [1.807, 2.05) is 71.8 Å². The number of anilines is 5. The summed E-state index contributed by atoms with van der Waals surface area (Å²) in [6.07, 6.45) is 7.22. The molecule has 0 saturated carbocycles. The number of methoxy groups -OCH3 is 1. The van der Waals surface area contributed by atoms with Crippen LogP contribution in [0.5, 0.6) is 17.2 Å². The standard InChI is InChI=1S/C39H43N7O5/c1-3-39(47)43-32-20-33(36(48-2)21-35(32)44-15-12-27(13-16-44)45-23-31-19-28(45)24-49-31)42-37-22-38(41-25-40-37)46-34(14-17-50-46)26-8-7-11-30(18-26)51-29-9-5-4-6-10-29/h3-11,18,20-22,25,27-28,31,34H,1,12-17,19,23-24H2,2H3,(H,43,47)(H,40,41,42)/t28-,31-,34?/m0/s1. The molecule has 3 atom stereocenters. The number of carbonyl (C=O) groups is 1. The normalized spacial score (nSPS) is 21.9. The van der Waals surface area contributed by atoms with Crippen LogP contribution in [0.3, 0.4) is 0 Å². The number of morpholine rings is 1. The van der Waals surface area contributed by atoms with Crippen LogP contribution in [0.1, 0.15) is 37.3 Å². The van der Waals surface area contributed by atoms with Crippen LogP contribution in [-0.2, 0) is 14.4 Å². The van der Waals surface area contributed by atoms with Gasteiger partial charge in [-0.2, -0.15) is 0 Å². The first-order chi connectivity index (χ1) is 25.0. The van der Waals surface area contributed by atoms with E-state index < -0.39 is 0 Å². The Hall–Kier alpha value is -5.17. The fourth-order valence-electron chi connectivity index (χ4n) is 7.78. The third-order valence-electron chi connectivity index (χ3n) is 10.2. The lowest BCUT2D eigenvalue weighted by molar-refractivity contribution is -0.111. The molecule has 1 aromatic heterocycles. The van der Waals surface area contributed by atoms with Crippen LogP contribution < -0.4 is 30.1 Å². The maximum atomic E-state index is 12.6. The summed E-state index contributed by atoms with van der Waals surface area (Å²) in [6, 6.07) is 24.5. The van der Waals surface area contributed by atoms with Crippen LogP contribution >= 0.6 is 0 Å². The highest BCUT2D eigenvalue weighted by molar-refractivity contribution is 6.02. The van der Waals surface area contributed by atoms with Crippen molar-refractivity contribution in [1.29, 1.82) is 0 Å². The molecule has 4 saturated heterocycles. The van der Waals surface area contributed by atoms with Gasteiger partial charge in [0.15, 0.2) is 5.82 Å². The van der Waals surface area contributed by atoms with Gasteiger partial charge in [-0.1, -0.05) is 36.9 Å². The zero-order chi connectivity index (χ0) is 34.7. The van der Waals surface area contributed by atoms with Gasteiger partial charge in [0.2, 0.25) is 5.91 Å². The number of aromatic nitrogens is 2. The van der Waals surface area contributed by atoms with E-state index >= 15 is 0 Å². The molecule has 0 aliphatic carbocycles. The lowest BCUT2D eigenvalue weighted by atomic mass is 10.0. The molecule has 1 amide bonds. The average molecular weight is 690 g/mol. The van der Waals surface area contributed by atoms with E-state index in [4.69, 9.17) is 19.0 Å². The van der Waals surface area contributed by atoms with Gasteiger partial charge in [0.05, 0.1) is 49.5 Å². The maximum Gasteiger partial charge on any atom is 0.247 e. The van der Waals surface area contributed by atoms with Crippen molar-refractivity contribution in [3.8, 4) is 17.2 Å². The zero-order valence-corrected chi connectivity index (χ0v) is 28.7. The van der Waals surface area contributed by atoms with Crippen LogP contribution in [-0.4, -0.2) is 78.9 Å². The molecule has 3 aromatic carbocycles. The minimum atomic E-state index is -0.282. The van der Waals surface area contributed by atoms with Gasteiger partial charge in [-0.05, 0) is 61.2 Å². The third-order valence-corrected chi connectivity index (χ3v) is 10.2. The number of para-hydroxylation sites is 1. The largest absolute Gasteiger partial charge is 0.494 e. The Labute approximate surface area is 297 Å². The Morgan fingerprint density at radius 2 is 1.80 bits per heavy atom. The van der Waals surface area contributed by atoms with Crippen LogP contribution in [0, 0.1) is 0 Å². The second-order valence-electron chi connectivity index (χ2n) is 13.4. The summed E-state index contributed by atoms with van der Waals surface area (Å²) >= 11 is 0. The number of benzene rings is 3. The molecule has 1 unspecified atom stereocenters. The first-order valence-electron chi connectivity index (χ1n) is 17.7. The van der Waals surface area contributed by atoms with Crippen molar-refractivity contribution in [2.75, 3.05) is 60.6 Å². The van der Waals surface area contributed by atoms with Crippen molar-refractivity contribution in [2.24, 2.45) is 0 Å². The second kappa shape index (κ2) is 14.6. The molecule has 0 spiro atoms. The molecular weight excluding hydrogens is 646 g/mol. The minimum Gasteiger partial charge on any atom is -0.494 e. The highest BCUT2D eigenvalue weighted by atomic mass is 16.7. The second-order valence-corrected chi connectivity index (χ2v) is 13.4. The van der Waals surface area contributed by atoms with E-state index in [2.05, 4.69) is 43.0 Å². The fraction of sp³-hybridized carbons (Fsp3) is 0.359. The van der Waals surface area contributed by atoms with Crippen LogP contribution in [0.25, 0.3) is 0 Å². The van der Waals surface area contributed by atoms with Gasteiger partial charge < -0.3 is 29.7 Å². The van der Waals surface area contributed by atoms with Gasteiger partial charge in [0, 0.05) is 50.3 Å². The number of nitrogens with zero attached hydrogens (tertiary/aromatic N) is 5. The molecule has 2 N–H and O–H groups in total. The number of hydrogen-bond acceptors (Lipinski definition) is 11. The third kappa shape index (κ3) is 7.07. The predicted molar refractivity (Wildman–Crippen MR) is 196 cm³/mol. The Balaban J connectivity index is 1.01. The van der Waals surface area contributed by atoms with Gasteiger partial charge in [-0.3, -0.25) is 14.5 Å². The van der Waals surface area contributed by atoms with Gasteiger partial charge in [-0.15, -0.1) is 0 Å². The van der Waals surface area contributed by atoms with Crippen LogP contribution in [0.15, 0.2) is 91.8 Å². The Morgan fingerprint density at radius 3 is 2.57 bits per heavy atom. The summed E-state index contributed by atoms with van der Waals surface area (Å²) in [6.45, 7) is 7.86. The van der Waals surface area contributed by atoms with Crippen molar-refractivity contribution in [1.82, 2.24) is 14.9 Å². The van der Waals surface area contributed by atoms with E-state index in [1.165, 1.54) is 12.4 Å². The number of piperidine rings is 1. The number of carbonyl (C=O) groups excluding carboxylic acids is 1. The summed E-state index contributed by atoms with van der Waals surface area (Å²) in [7, 11) is 1.65. The van der Waals surface area contributed by atoms with E-state index in [0.29, 0.717) is 53.6 Å². The summed E-state index contributed by atoms with van der Waals surface area (Å²) < 4.78 is 17.8. The number of nitrogens with one attached hydrogen (secondary N) is 2. The van der Waals surface area contributed by atoms with E-state index in [-0.39, 0.29) is 11.9 Å². The summed E-state index contributed by atoms with van der Waals surface area (Å²) in [5.41, 5.74) is 3.29. The van der Waals surface area contributed by atoms with Crippen molar-refractivity contribution >= 4 is 34.6 Å². The monoisotopic (exact) mass is 689 g/mol. The first kappa shape index (κ1) is 33.0. The quantitative estimate of drug-likeness (QED) is 0.169. The van der Waals surface area contributed by atoms with Gasteiger partial charge in [-0.25, -0.2) is 15.0 Å². The van der Waals surface area contributed by atoms with Crippen LogP contribution in [0.4, 0.5) is 28.7 Å². The molecule has 4 aromatic rings. The molecule has 264 valence electrons. The minimum absolute atomic E-state index is 0.0697. The maximum absolute atomic E-state index is 12.6. The molecule has 5 heterocycles. The molecule has 12 nitrogen and oxygen atoms in total.